The second-order valence-corrected chi connectivity index (χ2v) is 11.6. The van der Waals surface area contributed by atoms with Crippen LogP contribution < -0.4 is 10.6 Å². The minimum absolute atomic E-state index is 0.00203. The Hall–Kier alpha value is -3.81. The summed E-state index contributed by atoms with van der Waals surface area (Å²) in [6.45, 7) is 5.95. The number of aromatic nitrogens is 1. The molecule has 2 N–H and O–H groups in total. The number of thiazole rings is 1. The molecule has 0 spiro atoms. The van der Waals surface area contributed by atoms with E-state index in [4.69, 9.17) is 9.72 Å². The number of rotatable bonds is 9. The van der Waals surface area contributed by atoms with E-state index in [-0.39, 0.29) is 23.7 Å². The summed E-state index contributed by atoms with van der Waals surface area (Å²) in [4.78, 5) is 31.1. The second kappa shape index (κ2) is 11.0. The van der Waals surface area contributed by atoms with E-state index in [1.165, 1.54) is 33.6 Å². The number of carbonyl (C=O) groups is 2. The van der Waals surface area contributed by atoms with Gasteiger partial charge in [0, 0.05) is 48.1 Å². The molecular formula is C33H33N3O3S. The van der Waals surface area contributed by atoms with Crippen molar-refractivity contribution in [2.75, 3.05) is 25.1 Å². The summed E-state index contributed by atoms with van der Waals surface area (Å²) in [5.74, 6) is 0.110. The summed E-state index contributed by atoms with van der Waals surface area (Å²) in [6, 6.07) is 24.5. The van der Waals surface area contributed by atoms with Crippen LogP contribution in [0.15, 0.2) is 78.2 Å². The van der Waals surface area contributed by atoms with Crippen molar-refractivity contribution in [3.8, 4) is 11.3 Å². The first-order valence-electron chi connectivity index (χ1n) is 13.9. The van der Waals surface area contributed by atoms with Crippen molar-refractivity contribution in [3.05, 3.63) is 106 Å². The highest BCUT2D eigenvalue weighted by atomic mass is 32.1. The van der Waals surface area contributed by atoms with Gasteiger partial charge in [-0.15, -0.1) is 11.3 Å². The van der Waals surface area contributed by atoms with Crippen molar-refractivity contribution < 1.29 is 14.3 Å². The molecule has 0 saturated heterocycles. The first-order chi connectivity index (χ1) is 19.5. The van der Waals surface area contributed by atoms with Gasteiger partial charge in [-0.1, -0.05) is 60.7 Å². The van der Waals surface area contributed by atoms with Crippen LogP contribution in [0.3, 0.4) is 0 Å². The topological polar surface area (TPSA) is 80.3 Å². The van der Waals surface area contributed by atoms with Gasteiger partial charge in [-0.2, -0.15) is 0 Å². The minimum Gasteiger partial charge on any atom is -0.382 e. The Morgan fingerprint density at radius 2 is 1.62 bits per heavy atom. The van der Waals surface area contributed by atoms with Gasteiger partial charge in [-0.25, -0.2) is 4.98 Å². The number of anilines is 1. The fourth-order valence-electron chi connectivity index (χ4n) is 6.31. The molecule has 3 aliphatic rings. The molecule has 3 aromatic carbocycles. The van der Waals surface area contributed by atoms with E-state index in [0.717, 1.165) is 24.1 Å². The van der Waals surface area contributed by atoms with Crippen LogP contribution in [-0.2, 0) is 9.53 Å². The summed E-state index contributed by atoms with van der Waals surface area (Å²) >= 11 is 1.42. The molecule has 7 rings (SSSR count). The van der Waals surface area contributed by atoms with E-state index in [1.54, 1.807) is 12.1 Å². The zero-order valence-electron chi connectivity index (χ0n) is 22.8. The third-order valence-corrected chi connectivity index (χ3v) is 9.03. The molecule has 2 bridgehead atoms. The monoisotopic (exact) mass is 551 g/mol. The van der Waals surface area contributed by atoms with Crippen molar-refractivity contribution in [3.63, 3.8) is 0 Å². The molecule has 40 heavy (non-hydrogen) atoms. The van der Waals surface area contributed by atoms with Crippen LogP contribution in [0.1, 0.15) is 71.1 Å². The quantitative estimate of drug-likeness (QED) is 0.230. The molecule has 0 saturated carbocycles. The van der Waals surface area contributed by atoms with Gasteiger partial charge in [0.2, 0.25) is 5.91 Å². The summed E-state index contributed by atoms with van der Waals surface area (Å²) < 4.78 is 5.31. The second-order valence-electron chi connectivity index (χ2n) is 10.7. The van der Waals surface area contributed by atoms with E-state index < -0.39 is 5.41 Å². The fourth-order valence-corrected chi connectivity index (χ4v) is 7.02. The summed E-state index contributed by atoms with van der Waals surface area (Å²) in [5, 5.41) is 8.60. The lowest BCUT2D eigenvalue weighted by atomic mass is 9.52. The van der Waals surface area contributed by atoms with E-state index in [1.807, 2.05) is 24.4 Å². The maximum absolute atomic E-state index is 13.9. The molecule has 1 heterocycles. The smallest absolute Gasteiger partial charge is 0.251 e. The highest BCUT2D eigenvalue weighted by Crippen LogP contribution is 2.61. The lowest BCUT2D eigenvalue weighted by Crippen LogP contribution is -2.47. The number of carbonyl (C=O) groups excluding carboxylic acids is 2. The van der Waals surface area contributed by atoms with Gasteiger partial charge in [-0.3, -0.25) is 9.59 Å². The van der Waals surface area contributed by atoms with Gasteiger partial charge >= 0.3 is 0 Å². The highest BCUT2D eigenvalue weighted by molar-refractivity contribution is 7.14. The van der Waals surface area contributed by atoms with Gasteiger partial charge in [0.05, 0.1) is 11.1 Å². The molecule has 4 aromatic rings. The van der Waals surface area contributed by atoms with E-state index in [0.29, 0.717) is 30.5 Å². The number of amides is 2. The van der Waals surface area contributed by atoms with Crippen molar-refractivity contribution in [1.82, 2.24) is 10.3 Å². The molecule has 1 atom stereocenters. The number of hydrogen-bond acceptors (Lipinski definition) is 5. The number of benzene rings is 3. The molecule has 2 amide bonds. The minimum atomic E-state index is -0.586. The van der Waals surface area contributed by atoms with Crippen LogP contribution in [0, 0.1) is 5.41 Å². The van der Waals surface area contributed by atoms with Crippen LogP contribution in [0.4, 0.5) is 5.13 Å². The predicted molar refractivity (Wildman–Crippen MR) is 159 cm³/mol. The first-order valence-corrected chi connectivity index (χ1v) is 14.8. The maximum atomic E-state index is 13.9. The molecule has 0 radical (unpaired) electrons. The Balaban J connectivity index is 1.16. The lowest BCUT2D eigenvalue weighted by molar-refractivity contribution is -0.126. The van der Waals surface area contributed by atoms with Crippen LogP contribution in [0.2, 0.25) is 0 Å². The third-order valence-electron chi connectivity index (χ3n) is 8.27. The Bertz CT molecular complexity index is 1500. The Morgan fingerprint density at radius 1 is 0.975 bits per heavy atom. The Morgan fingerprint density at radius 3 is 2.27 bits per heavy atom. The average Bonchev–Trinajstić information content (AvgIpc) is 3.45. The molecular weight excluding hydrogens is 518 g/mol. The summed E-state index contributed by atoms with van der Waals surface area (Å²) in [6.07, 6.45) is 1.55. The first kappa shape index (κ1) is 26.4. The molecule has 3 aliphatic carbocycles. The number of nitrogens with zero attached hydrogens (tertiary/aromatic N) is 1. The van der Waals surface area contributed by atoms with Crippen LogP contribution in [0.5, 0.6) is 0 Å². The average molecular weight is 552 g/mol. The molecule has 0 fully saturated rings. The molecule has 1 aromatic heterocycles. The van der Waals surface area contributed by atoms with Gasteiger partial charge in [0.1, 0.15) is 0 Å². The van der Waals surface area contributed by atoms with E-state index in [2.05, 4.69) is 66.1 Å². The Labute approximate surface area is 238 Å². The largest absolute Gasteiger partial charge is 0.382 e. The van der Waals surface area contributed by atoms with Gasteiger partial charge in [0.15, 0.2) is 5.13 Å². The lowest BCUT2D eigenvalue weighted by Gasteiger charge is -2.50. The molecule has 1 unspecified atom stereocenters. The van der Waals surface area contributed by atoms with Crippen LogP contribution >= 0.6 is 11.3 Å². The zero-order valence-corrected chi connectivity index (χ0v) is 23.6. The van der Waals surface area contributed by atoms with Crippen molar-refractivity contribution in [2.45, 2.75) is 38.5 Å². The molecule has 7 heteroatoms. The standard InChI is InChI=1S/C33H33N3O3S/c1-3-39-18-8-17-34-30(37)22-15-13-21(14-16-22)28-20-40-32(35-28)36-31(38)33(2)19-27-23-9-4-6-11-25(23)29(33)26-12-7-5-10-24(26)27/h4-7,9-16,20,27,29H,3,8,17-19H2,1-2H3,(H,34,37)(H,35,36,38). The van der Waals surface area contributed by atoms with E-state index >= 15 is 0 Å². The SMILES string of the molecule is CCOCCCNC(=O)c1ccc(-c2csc(NC(=O)C3(C)CC4c5ccccc5C3c3ccccc34)n2)cc1. The van der Waals surface area contributed by atoms with Gasteiger partial charge < -0.3 is 15.4 Å². The van der Waals surface area contributed by atoms with Crippen LogP contribution in [0.25, 0.3) is 11.3 Å². The van der Waals surface area contributed by atoms with Gasteiger partial charge in [-0.05, 0) is 61.1 Å². The summed E-state index contributed by atoms with van der Waals surface area (Å²) in [5.41, 5.74) is 6.89. The number of fused-ring (bicyclic) bond motifs is 1. The van der Waals surface area contributed by atoms with E-state index in [9.17, 15) is 9.59 Å². The highest BCUT2D eigenvalue weighted by Gasteiger charge is 2.53. The maximum Gasteiger partial charge on any atom is 0.251 e. The predicted octanol–water partition coefficient (Wildman–Crippen LogP) is 6.59. The van der Waals surface area contributed by atoms with Crippen LogP contribution in [-0.4, -0.2) is 36.6 Å². The van der Waals surface area contributed by atoms with Crippen molar-refractivity contribution >= 4 is 28.3 Å². The fraction of sp³-hybridized carbons (Fsp3) is 0.303. The van der Waals surface area contributed by atoms with Crippen molar-refractivity contribution in [2.24, 2.45) is 5.41 Å². The normalized spacial score (nSPS) is 20.4. The number of nitrogens with one attached hydrogen (secondary N) is 2. The van der Waals surface area contributed by atoms with Crippen molar-refractivity contribution in [1.29, 1.82) is 0 Å². The zero-order chi connectivity index (χ0) is 27.7. The molecule has 0 aliphatic heterocycles. The number of ether oxygens (including phenoxy) is 1. The molecule has 204 valence electrons. The Kier molecular flexibility index (Phi) is 7.26. The molecule has 6 nitrogen and oxygen atoms in total. The third kappa shape index (κ3) is 4.73. The summed E-state index contributed by atoms with van der Waals surface area (Å²) in [7, 11) is 0. The number of hydrogen-bond donors (Lipinski definition) is 2. The van der Waals surface area contributed by atoms with Gasteiger partial charge in [0.25, 0.3) is 5.91 Å².